The third-order valence-corrected chi connectivity index (χ3v) is 2.74. The Hall–Kier alpha value is -0.570. The van der Waals surface area contributed by atoms with Gasteiger partial charge in [-0.05, 0) is 19.8 Å². The number of rotatable bonds is 5. The van der Waals surface area contributed by atoms with Crippen LogP contribution in [0.4, 0.5) is 0 Å². The van der Waals surface area contributed by atoms with Crippen LogP contribution < -0.4 is 10.6 Å². The van der Waals surface area contributed by atoms with Crippen LogP contribution in [-0.4, -0.2) is 63.2 Å². The summed E-state index contributed by atoms with van der Waals surface area (Å²) in [5.41, 5.74) is 0. The van der Waals surface area contributed by atoms with Gasteiger partial charge in [0.2, 0.25) is 5.91 Å². The first kappa shape index (κ1) is 18.4. The van der Waals surface area contributed by atoms with Crippen molar-refractivity contribution in [1.82, 2.24) is 15.5 Å². The van der Waals surface area contributed by atoms with Gasteiger partial charge in [0.1, 0.15) is 6.54 Å². The SMILES string of the molecule is CCNC(=NCC(=O)N(C)C)NCC1CCCO1.I. The van der Waals surface area contributed by atoms with Crippen molar-refractivity contribution < 1.29 is 9.53 Å². The zero-order chi connectivity index (χ0) is 13.4. The Morgan fingerprint density at radius 2 is 2.16 bits per heavy atom. The number of likely N-dealkylation sites (N-methyl/N-ethyl adjacent to an activating group) is 1. The van der Waals surface area contributed by atoms with Gasteiger partial charge >= 0.3 is 0 Å². The molecule has 0 aromatic carbocycles. The summed E-state index contributed by atoms with van der Waals surface area (Å²) in [5, 5.41) is 6.31. The molecular weight excluding hydrogens is 359 g/mol. The van der Waals surface area contributed by atoms with Crippen LogP contribution >= 0.6 is 24.0 Å². The average Bonchev–Trinajstić information content (AvgIpc) is 2.85. The van der Waals surface area contributed by atoms with E-state index in [9.17, 15) is 4.79 Å². The number of halogens is 1. The van der Waals surface area contributed by atoms with Gasteiger partial charge in [-0.15, -0.1) is 24.0 Å². The van der Waals surface area contributed by atoms with Crippen molar-refractivity contribution in [3.05, 3.63) is 0 Å². The summed E-state index contributed by atoms with van der Waals surface area (Å²) < 4.78 is 5.52. The predicted molar refractivity (Wildman–Crippen MR) is 87.1 cm³/mol. The van der Waals surface area contributed by atoms with Gasteiger partial charge in [-0.1, -0.05) is 0 Å². The molecule has 6 nitrogen and oxygen atoms in total. The second-order valence-corrected chi connectivity index (χ2v) is 4.50. The molecule has 0 spiro atoms. The minimum atomic E-state index is -0.00989. The van der Waals surface area contributed by atoms with Crippen molar-refractivity contribution in [3.63, 3.8) is 0 Å². The maximum atomic E-state index is 11.5. The second kappa shape index (κ2) is 10.2. The molecule has 0 bridgehead atoms. The highest BCUT2D eigenvalue weighted by molar-refractivity contribution is 14.0. The molecule has 1 rings (SSSR count). The topological polar surface area (TPSA) is 66.0 Å². The smallest absolute Gasteiger partial charge is 0.243 e. The number of hydrogen-bond acceptors (Lipinski definition) is 3. The summed E-state index contributed by atoms with van der Waals surface area (Å²) in [4.78, 5) is 17.2. The number of amides is 1. The molecule has 1 amide bonds. The van der Waals surface area contributed by atoms with Crippen LogP contribution in [0.15, 0.2) is 4.99 Å². The molecule has 1 atom stereocenters. The number of hydrogen-bond donors (Lipinski definition) is 2. The van der Waals surface area contributed by atoms with Gasteiger partial charge in [-0.2, -0.15) is 0 Å². The van der Waals surface area contributed by atoms with Crippen molar-refractivity contribution in [1.29, 1.82) is 0 Å². The first-order chi connectivity index (χ1) is 8.63. The first-order valence-corrected chi connectivity index (χ1v) is 6.47. The third kappa shape index (κ3) is 7.56. The van der Waals surface area contributed by atoms with E-state index in [0.717, 1.165) is 32.5 Å². The Balaban J connectivity index is 0.00000324. The lowest BCUT2D eigenvalue weighted by Crippen LogP contribution is -2.41. The van der Waals surface area contributed by atoms with E-state index >= 15 is 0 Å². The molecule has 1 unspecified atom stereocenters. The van der Waals surface area contributed by atoms with E-state index in [0.29, 0.717) is 5.96 Å². The molecule has 1 aliphatic rings. The van der Waals surface area contributed by atoms with Crippen LogP contribution in [0.2, 0.25) is 0 Å². The number of carbonyl (C=O) groups is 1. The number of carbonyl (C=O) groups excluding carboxylic acids is 1. The molecule has 1 fully saturated rings. The van der Waals surface area contributed by atoms with E-state index in [4.69, 9.17) is 4.74 Å². The van der Waals surface area contributed by atoms with E-state index < -0.39 is 0 Å². The number of nitrogens with zero attached hydrogens (tertiary/aromatic N) is 2. The molecular formula is C12H25IN4O2. The highest BCUT2D eigenvalue weighted by atomic mass is 127. The molecule has 1 aliphatic heterocycles. The highest BCUT2D eigenvalue weighted by Crippen LogP contribution is 2.10. The second-order valence-electron chi connectivity index (χ2n) is 4.50. The van der Waals surface area contributed by atoms with E-state index in [2.05, 4.69) is 15.6 Å². The zero-order valence-corrected chi connectivity index (χ0v) is 14.3. The molecule has 0 aliphatic carbocycles. The Bertz CT molecular complexity index is 291. The summed E-state index contributed by atoms with van der Waals surface area (Å²) in [6.07, 6.45) is 2.47. The third-order valence-electron chi connectivity index (χ3n) is 2.74. The van der Waals surface area contributed by atoms with Gasteiger partial charge in [0.25, 0.3) is 0 Å². The summed E-state index contributed by atoms with van der Waals surface area (Å²) in [6, 6.07) is 0. The summed E-state index contributed by atoms with van der Waals surface area (Å²) in [7, 11) is 3.45. The lowest BCUT2D eigenvalue weighted by atomic mass is 10.2. The largest absolute Gasteiger partial charge is 0.376 e. The maximum absolute atomic E-state index is 11.5. The molecule has 2 N–H and O–H groups in total. The lowest BCUT2D eigenvalue weighted by Gasteiger charge is -2.15. The van der Waals surface area contributed by atoms with Crippen molar-refractivity contribution >= 4 is 35.8 Å². The molecule has 0 radical (unpaired) electrons. The van der Waals surface area contributed by atoms with E-state index in [1.165, 1.54) is 4.90 Å². The van der Waals surface area contributed by atoms with Gasteiger partial charge in [0.05, 0.1) is 6.10 Å². The maximum Gasteiger partial charge on any atom is 0.243 e. The normalized spacial score (nSPS) is 18.7. The Labute approximate surface area is 132 Å². The van der Waals surface area contributed by atoms with Gasteiger partial charge in [0, 0.05) is 33.8 Å². The van der Waals surface area contributed by atoms with Gasteiger partial charge in [0.15, 0.2) is 5.96 Å². The molecule has 0 saturated carbocycles. The van der Waals surface area contributed by atoms with Gasteiger partial charge in [-0.25, -0.2) is 4.99 Å². The molecule has 1 saturated heterocycles. The molecule has 1 heterocycles. The Kier molecular flexibility index (Phi) is 9.94. The first-order valence-electron chi connectivity index (χ1n) is 6.47. The predicted octanol–water partition coefficient (Wildman–Crippen LogP) is 0.427. The molecule has 112 valence electrons. The average molecular weight is 384 g/mol. The number of nitrogens with one attached hydrogen (secondary N) is 2. The van der Waals surface area contributed by atoms with E-state index in [-0.39, 0.29) is 42.5 Å². The van der Waals surface area contributed by atoms with E-state index in [1.807, 2.05) is 6.92 Å². The fourth-order valence-corrected chi connectivity index (χ4v) is 1.65. The Morgan fingerprint density at radius 3 is 2.68 bits per heavy atom. The van der Waals surface area contributed by atoms with Gasteiger partial charge < -0.3 is 20.3 Å². The molecule has 0 aromatic rings. The minimum Gasteiger partial charge on any atom is -0.376 e. The van der Waals surface area contributed by atoms with Crippen LogP contribution in [0.5, 0.6) is 0 Å². The van der Waals surface area contributed by atoms with E-state index in [1.54, 1.807) is 14.1 Å². The number of guanidine groups is 1. The zero-order valence-electron chi connectivity index (χ0n) is 11.9. The fraction of sp³-hybridized carbons (Fsp3) is 0.833. The monoisotopic (exact) mass is 384 g/mol. The quantitative estimate of drug-likeness (QED) is 0.410. The summed E-state index contributed by atoms with van der Waals surface area (Å²) in [6.45, 7) is 4.51. The minimum absolute atomic E-state index is 0. The van der Waals surface area contributed by atoms with Crippen molar-refractivity contribution in [2.24, 2.45) is 4.99 Å². The summed E-state index contributed by atoms with van der Waals surface area (Å²) >= 11 is 0. The van der Waals surface area contributed by atoms with Gasteiger partial charge in [-0.3, -0.25) is 4.79 Å². The van der Waals surface area contributed by atoms with Crippen LogP contribution in [0.3, 0.4) is 0 Å². The summed E-state index contributed by atoms with van der Waals surface area (Å²) in [5.74, 6) is 0.660. The molecule has 7 heteroatoms. The Morgan fingerprint density at radius 1 is 1.42 bits per heavy atom. The standard InChI is InChI=1S/C12H24N4O2.HI/c1-4-13-12(15-9-11(17)16(2)3)14-8-10-6-5-7-18-10;/h10H,4-9H2,1-3H3,(H2,13,14,15);1H. The molecule has 19 heavy (non-hydrogen) atoms. The van der Waals surface area contributed by atoms with Crippen LogP contribution in [0.1, 0.15) is 19.8 Å². The fourth-order valence-electron chi connectivity index (χ4n) is 1.65. The van der Waals surface area contributed by atoms with Crippen LogP contribution in [-0.2, 0) is 9.53 Å². The van der Waals surface area contributed by atoms with Crippen molar-refractivity contribution in [2.75, 3.05) is 40.3 Å². The van der Waals surface area contributed by atoms with Crippen LogP contribution in [0.25, 0.3) is 0 Å². The van der Waals surface area contributed by atoms with Crippen molar-refractivity contribution in [2.45, 2.75) is 25.9 Å². The van der Waals surface area contributed by atoms with Crippen molar-refractivity contribution in [3.8, 4) is 0 Å². The number of ether oxygens (including phenoxy) is 1. The molecule has 0 aromatic heterocycles. The number of aliphatic imine (C=N–C) groups is 1. The van der Waals surface area contributed by atoms with Crippen LogP contribution in [0, 0.1) is 0 Å². The highest BCUT2D eigenvalue weighted by Gasteiger charge is 2.15. The lowest BCUT2D eigenvalue weighted by molar-refractivity contribution is -0.127.